The molecular formula is C15H20FN3OS. The van der Waals surface area contributed by atoms with Crippen molar-refractivity contribution in [2.24, 2.45) is 5.14 Å². The summed E-state index contributed by atoms with van der Waals surface area (Å²) in [6, 6.07) is 7.75. The van der Waals surface area contributed by atoms with Gasteiger partial charge in [-0.25, -0.2) is 13.3 Å². The molecule has 2 aromatic rings. The molecule has 0 bridgehead atoms. The summed E-state index contributed by atoms with van der Waals surface area (Å²) in [6.45, 7) is 5.89. The lowest BCUT2D eigenvalue weighted by molar-refractivity contribution is 0.540. The molecule has 1 aromatic carbocycles. The first kappa shape index (κ1) is 15.9. The summed E-state index contributed by atoms with van der Waals surface area (Å²) in [6.07, 6.45) is 3.24. The Labute approximate surface area is 126 Å². The minimum absolute atomic E-state index is 0.232. The normalized spacial score (nSPS) is 14.9. The number of nitrogens with zero attached hydrogens (tertiary/aromatic N) is 2. The molecule has 2 atom stereocenters. The third kappa shape index (κ3) is 3.77. The summed E-state index contributed by atoms with van der Waals surface area (Å²) < 4.78 is 25.5. The van der Waals surface area contributed by atoms with E-state index in [0.29, 0.717) is 0 Å². The van der Waals surface area contributed by atoms with Gasteiger partial charge in [0, 0.05) is 0 Å². The number of benzene rings is 1. The summed E-state index contributed by atoms with van der Waals surface area (Å²) in [4.78, 5) is 0. The van der Waals surface area contributed by atoms with Crippen LogP contribution in [0.4, 0.5) is 4.39 Å². The van der Waals surface area contributed by atoms with Gasteiger partial charge in [-0.15, -0.1) is 0 Å². The molecule has 6 heteroatoms. The van der Waals surface area contributed by atoms with Gasteiger partial charge >= 0.3 is 0 Å². The molecule has 0 spiro atoms. The van der Waals surface area contributed by atoms with Crippen LogP contribution in [0.1, 0.15) is 38.7 Å². The molecule has 0 radical (unpaired) electrons. The van der Waals surface area contributed by atoms with Crippen LogP contribution in [0.25, 0.3) is 5.69 Å². The molecule has 114 valence electrons. The molecule has 0 fully saturated rings. The van der Waals surface area contributed by atoms with E-state index in [2.05, 4.69) is 12.0 Å². The van der Waals surface area contributed by atoms with E-state index in [1.807, 2.05) is 38.1 Å². The van der Waals surface area contributed by atoms with Crippen LogP contribution < -0.4 is 5.14 Å². The van der Waals surface area contributed by atoms with Crippen LogP contribution in [0, 0.1) is 5.82 Å². The largest absolute Gasteiger partial charge is 0.251 e. The second-order valence-corrected chi connectivity index (χ2v) is 7.56. The Hall–Kier alpha value is -1.53. The zero-order valence-corrected chi connectivity index (χ0v) is 13.2. The monoisotopic (exact) mass is 309 g/mol. The summed E-state index contributed by atoms with van der Waals surface area (Å²) in [5.41, 5.74) is 1.93. The van der Waals surface area contributed by atoms with Crippen molar-refractivity contribution in [1.82, 2.24) is 9.78 Å². The van der Waals surface area contributed by atoms with Crippen LogP contribution in [0.2, 0.25) is 0 Å². The third-order valence-corrected chi connectivity index (χ3v) is 4.88. The van der Waals surface area contributed by atoms with Crippen LogP contribution in [-0.2, 0) is 11.0 Å². The number of aromatic nitrogens is 2. The van der Waals surface area contributed by atoms with Gasteiger partial charge in [0.05, 0.1) is 33.8 Å². The first-order valence-electron chi connectivity index (χ1n) is 6.76. The van der Waals surface area contributed by atoms with Crippen molar-refractivity contribution in [2.45, 2.75) is 37.9 Å². The standard InChI is InChI=1S/C15H20FN3OS/c1-11(8-15(2,3)21(17)20)12-4-6-14(7-5-12)19-10-13(16)9-18-19/h4-7,9-11H,8,17H2,1-3H3/t11-,21?/m0/s1. The lowest BCUT2D eigenvalue weighted by Crippen LogP contribution is -2.33. The molecule has 21 heavy (non-hydrogen) atoms. The molecule has 0 aliphatic heterocycles. The first-order valence-corrected chi connectivity index (χ1v) is 7.98. The molecule has 0 saturated heterocycles. The first-order chi connectivity index (χ1) is 9.79. The Morgan fingerprint density at radius 2 is 2.00 bits per heavy atom. The fourth-order valence-corrected chi connectivity index (χ4v) is 2.75. The fourth-order valence-electron chi connectivity index (χ4n) is 2.33. The molecule has 0 aliphatic rings. The Bertz CT molecular complexity index is 637. The Kier molecular flexibility index (Phi) is 4.58. The van der Waals surface area contributed by atoms with Crippen LogP contribution in [0.15, 0.2) is 36.7 Å². The number of rotatable bonds is 5. The Morgan fingerprint density at radius 1 is 1.38 bits per heavy atom. The molecule has 2 rings (SSSR count). The average molecular weight is 309 g/mol. The fraction of sp³-hybridized carbons (Fsp3) is 0.400. The summed E-state index contributed by atoms with van der Waals surface area (Å²) >= 11 is 0. The van der Waals surface area contributed by atoms with Gasteiger partial charge in [-0.05, 0) is 43.9 Å². The van der Waals surface area contributed by atoms with Crippen LogP contribution in [0.3, 0.4) is 0 Å². The van der Waals surface area contributed by atoms with Gasteiger partial charge in [0.2, 0.25) is 0 Å². The van der Waals surface area contributed by atoms with E-state index in [-0.39, 0.29) is 11.7 Å². The van der Waals surface area contributed by atoms with Gasteiger partial charge in [-0.2, -0.15) is 5.10 Å². The van der Waals surface area contributed by atoms with Gasteiger partial charge in [-0.1, -0.05) is 19.1 Å². The second kappa shape index (κ2) is 6.07. The van der Waals surface area contributed by atoms with Crippen molar-refractivity contribution in [3.05, 3.63) is 48.0 Å². The highest BCUT2D eigenvalue weighted by molar-refractivity contribution is 7.84. The van der Waals surface area contributed by atoms with E-state index in [0.717, 1.165) is 17.7 Å². The maximum absolute atomic E-state index is 13.0. The molecule has 0 aliphatic carbocycles. The van der Waals surface area contributed by atoms with Gasteiger partial charge in [0.25, 0.3) is 0 Å². The van der Waals surface area contributed by atoms with E-state index in [9.17, 15) is 8.60 Å². The number of hydrogen-bond acceptors (Lipinski definition) is 2. The van der Waals surface area contributed by atoms with Gasteiger partial charge in [-0.3, -0.25) is 5.14 Å². The van der Waals surface area contributed by atoms with E-state index in [1.54, 1.807) is 0 Å². The van der Waals surface area contributed by atoms with Gasteiger partial charge in [0.15, 0.2) is 5.82 Å². The molecule has 0 saturated carbocycles. The zero-order chi connectivity index (χ0) is 15.6. The molecule has 0 amide bonds. The van der Waals surface area contributed by atoms with Crippen molar-refractivity contribution in [3.63, 3.8) is 0 Å². The van der Waals surface area contributed by atoms with Crippen molar-refractivity contribution in [1.29, 1.82) is 0 Å². The Morgan fingerprint density at radius 3 is 2.48 bits per heavy atom. The van der Waals surface area contributed by atoms with Crippen LogP contribution >= 0.6 is 0 Å². The Balaban J connectivity index is 2.13. The van der Waals surface area contributed by atoms with Crippen molar-refractivity contribution >= 4 is 11.0 Å². The van der Waals surface area contributed by atoms with Crippen LogP contribution in [-0.4, -0.2) is 18.7 Å². The number of nitrogens with two attached hydrogens (primary N) is 1. The molecular weight excluding hydrogens is 289 g/mol. The summed E-state index contributed by atoms with van der Waals surface area (Å²) in [7, 11) is -1.36. The summed E-state index contributed by atoms with van der Waals surface area (Å²) in [5, 5.41) is 9.45. The van der Waals surface area contributed by atoms with Crippen LogP contribution in [0.5, 0.6) is 0 Å². The van der Waals surface area contributed by atoms with Crippen molar-refractivity contribution in [2.75, 3.05) is 0 Å². The smallest absolute Gasteiger partial charge is 0.161 e. The van der Waals surface area contributed by atoms with E-state index in [4.69, 9.17) is 5.14 Å². The van der Waals surface area contributed by atoms with Crippen molar-refractivity contribution in [3.8, 4) is 5.69 Å². The molecule has 1 aromatic heterocycles. The van der Waals surface area contributed by atoms with Crippen molar-refractivity contribution < 1.29 is 8.60 Å². The average Bonchev–Trinajstić information content (AvgIpc) is 2.85. The highest BCUT2D eigenvalue weighted by Gasteiger charge is 2.26. The van der Waals surface area contributed by atoms with E-state index in [1.165, 1.54) is 17.1 Å². The predicted octanol–water partition coefficient (Wildman–Crippen LogP) is 2.91. The topological polar surface area (TPSA) is 60.9 Å². The number of hydrogen-bond donors (Lipinski definition) is 1. The van der Waals surface area contributed by atoms with E-state index < -0.39 is 15.7 Å². The zero-order valence-electron chi connectivity index (χ0n) is 12.4. The second-order valence-electron chi connectivity index (χ2n) is 5.86. The highest BCUT2D eigenvalue weighted by atomic mass is 32.2. The van der Waals surface area contributed by atoms with E-state index >= 15 is 0 Å². The molecule has 2 N–H and O–H groups in total. The maximum Gasteiger partial charge on any atom is 0.161 e. The van der Waals surface area contributed by atoms with Gasteiger partial charge in [0.1, 0.15) is 0 Å². The number of halogens is 1. The minimum atomic E-state index is -1.36. The summed E-state index contributed by atoms with van der Waals surface area (Å²) in [5.74, 6) is -0.129. The molecule has 4 nitrogen and oxygen atoms in total. The third-order valence-electron chi connectivity index (χ3n) is 3.62. The lowest BCUT2D eigenvalue weighted by Gasteiger charge is -2.25. The van der Waals surface area contributed by atoms with Gasteiger partial charge < -0.3 is 0 Å². The predicted molar refractivity (Wildman–Crippen MR) is 83.0 cm³/mol. The lowest BCUT2D eigenvalue weighted by atomic mass is 9.91. The quantitative estimate of drug-likeness (QED) is 0.923. The SMILES string of the molecule is C[C@@H](CC(C)(C)S(N)=O)c1ccc(-n2cc(F)cn2)cc1. The maximum atomic E-state index is 13.0. The molecule has 1 heterocycles. The molecule has 1 unspecified atom stereocenters. The highest BCUT2D eigenvalue weighted by Crippen LogP contribution is 2.28. The minimum Gasteiger partial charge on any atom is -0.251 e.